The molecule has 7 heteroatoms. The predicted molar refractivity (Wildman–Crippen MR) is 118 cm³/mol. The van der Waals surface area contributed by atoms with E-state index in [1.807, 2.05) is 43.3 Å². The van der Waals surface area contributed by atoms with Crippen molar-refractivity contribution in [3.05, 3.63) is 58.6 Å². The van der Waals surface area contributed by atoms with Gasteiger partial charge >= 0.3 is 6.18 Å². The van der Waals surface area contributed by atoms with Crippen molar-refractivity contribution in [1.29, 1.82) is 0 Å². The molecule has 0 aromatic heterocycles. The summed E-state index contributed by atoms with van der Waals surface area (Å²) in [6, 6.07) is 11.6. The highest BCUT2D eigenvalue weighted by molar-refractivity contribution is 8.00. The molecule has 0 aliphatic rings. The van der Waals surface area contributed by atoms with Gasteiger partial charge in [-0.2, -0.15) is 13.2 Å². The van der Waals surface area contributed by atoms with Gasteiger partial charge in [0.2, 0.25) is 0 Å². The number of halogens is 4. The van der Waals surface area contributed by atoms with Crippen molar-refractivity contribution in [2.45, 2.75) is 64.1 Å². The highest BCUT2D eigenvalue weighted by Crippen LogP contribution is 2.40. The summed E-state index contributed by atoms with van der Waals surface area (Å²) in [6.07, 6.45) is -2.82. The van der Waals surface area contributed by atoms with Gasteiger partial charge in [0.05, 0.1) is 5.02 Å². The Labute approximate surface area is 181 Å². The summed E-state index contributed by atoms with van der Waals surface area (Å²) >= 11 is 7.85. The molecule has 0 saturated carbocycles. The SMILES string of the molecule is CC.CCCCN(Sc1cccc(C)c1Cl)c1ccc(C(C)(O)C(F)(F)F)cc1. The molecule has 29 heavy (non-hydrogen) atoms. The highest BCUT2D eigenvalue weighted by atomic mass is 35.5. The van der Waals surface area contributed by atoms with Crippen LogP contribution in [0.4, 0.5) is 18.9 Å². The largest absolute Gasteiger partial charge is 0.421 e. The number of hydrogen-bond donors (Lipinski definition) is 1. The maximum atomic E-state index is 13.0. The Hall–Kier alpha value is -1.37. The zero-order chi connectivity index (χ0) is 22.2. The Bertz CT molecular complexity index is 764. The van der Waals surface area contributed by atoms with Crippen LogP contribution in [0, 0.1) is 6.92 Å². The molecule has 1 unspecified atom stereocenters. The fourth-order valence-corrected chi connectivity index (χ4v) is 3.75. The van der Waals surface area contributed by atoms with Crippen molar-refractivity contribution in [1.82, 2.24) is 0 Å². The van der Waals surface area contributed by atoms with Gasteiger partial charge in [-0.1, -0.05) is 63.1 Å². The summed E-state index contributed by atoms with van der Waals surface area (Å²) in [4.78, 5) is 0.888. The van der Waals surface area contributed by atoms with Crippen LogP contribution >= 0.6 is 23.5 Å². The van der Waals surface area contributed by atoms with E-state index >= 15 is 0 Å². The minimum Gasteiger partial charge on any atom is -0.376 e. The van der Waals surface area contributed by atoms with Crippen LogP contribution in [-0.4, -0.2) is 17.8 Å². The quantitative estimate of drug-likeness (QED) is 0.438. The van der Waals surface area contributed by atoms with Crippen LogP contribution in [0.3, 0.4) is 0 Å². The molecule has 2 aromatic carbocycles. The Morgan fingerprint density at radius 3 is 2.17 bits per heavy atom. The van der Waals surface area contributed by atoms with E-state index in [2.05, 4.69) is 6.92 Å². The first-order valence-corrected chi connectivity index (χ1v) is 10.8. The zero-order valence-corrected chi connectivity index (χ0v) is 19.0. The summed E-state index contributed by atoms with van der Waals surface area (Å²) in [5, 5.41) is 10.5. The molecule has 0 amide bonds. The molecule has 2 aromatic rings. The summed E-state index contributed by atoms with van der Waals surface area (Å²) in [5.74, 6) is 0. The number of unbranched alkanes of at least 4 members (excludes halogenated alkanes) is 1. The van der Waals surface area contributed by atoms with Gasteiger partial charge < -0.3 is 9.41 Å². The maximum Gasteiger partial charge on any atom is 0.421 e. The summed E-state index contributed by atoms with van der Waals surface area (Å²) in [6.45, 7) is 9.49. The molecule has 0 spiro atoms. The van der Waals surface area contributed by atoms with Crippen molar-refractivity contribution >= 4 is 29.2 Å². The third kappa shape index (κ3) is 6.56. The lowest BCUT2D eigenvalue weighted by Gasteiger charge is -2.28. The Morgan fingerprint density at radius 1 is 1.07 bits per heavy atom. The number of nitrogens with zero attached hydrogens (tertiary/aromatic N) is 1. The van der Waals surface area contributed by atoms with E-state index in [1.165, 1.54) is 24.1 Å². The van der Waals surface area contributed by atoms with E-state index in [9.17, 15) is 18.3 Å². The predicted octanol–water partition coefficient (Wildman–Crippen LogP) is 7.76. The monoisotopic (exact) mass is 447 g/mol. The fourth-order valence-electron chi connectivity index (χ4n) is 2.45. The van der Waals surface area contributed by atoms with Crippen LogP contribution in [-0.2, 0) is 5.60 Å². The molecule has 1 N–H and O–H groups in total. The first kappa shape index (κ1) is 25.7. The van der Waals surface area contributed by atoms with Gasteiger partial charge in [0.15, 0.2) is 5.60 Å². The lowest BCUT2D eigenvalue weighted by atomic mass is 9.95. The van der Waals surface area contributed by atoms with Gasteiger partial charge in [0, 0.05) is 17.1 Å². The highest BCUT2D eigenvalue weighted by Gasteiger charge is 2.51. The molecule has 0 aliphatic heterocycles. The van der Waals surface area contributed by atoms with Crippen LogP contribution in [0.1, 0.15) is 51.7 Å². The van der Waals surface area contributed by atoms with Gasteiger partial charge in [0.25, 0.3) is 0 Å². The fraction of sp³-hybridized carbons (Fsp3) is 0.455. The van der Waals surface area contributed by atoms with Crippen molar-refractivity contribution in [2.24, 2.45) is 0 Å². The number of anilines is 1. The molecule has 0 fully saturated rings. The maximum absolute atomic E-state index is 13.0. The molecule has 0 radical (unpaired) electrons. The van der Waals surface area contributed by atoms with Gasteiger partial charge in [0.1, 0.15) is 0 Å². The summed E-state index contributed by atoms with van der Waals surface area (Å²) in [7, 11) is 0. The third-order valence-corrected chi connectivity index (χ3v) is 6.11. The van der Waals surface area contributed by atoms with E-state index in [0.717, 1.165) is 42.5 Å². The van der Waals surface area contributed by atoms with Gasteiger partial charge in [-0.15, -0.1) is 0 Å². The number of benzene rings is 2. The molecule has 0 saturated heterocycles. The normalized spacial score (nSPS) is 13.3. The number of alkyl halides is 3. The second-order valence-electron chi connectivity index (χ2n) is 6.55. The Balaban J connectivity index is 0.00000204. The number of aliphatic hydroxyl groups is 1. The van der Waals surface area contributed by atoms with Crippen LogP contribution in [0.25, 0.3) is 0 Å². The molecule has 1 atom stereocenters. The lowest BCUT2D eigenvalue weighted by Crippen LogP contribution is -2.39. The van der Waals surface area contributed by atoms with E-state index in [4.69, 9.17) is 11.6 Å². The van der Waals surface area contributed by atoms with E-state index < -0.39 is 11.8 Å². The van der Waals surface area contributed by atoms with Gasteiger partial charge in [-0.3, -0.25) is 0 Å². The van der Waals surface area contributed by atoms with E-state index in [-0.39, 0.29) is 5.56 Å². The van der Waals surface area contributed by atoms with Crippen molar-refractivity contribution in [3.8, 4) is 0 Å². The lowest BCUT2D eigenvalue weighted by molar-refractivity contribution is -0.258. The van der Waals surface area contributed by atoms with Crippen LogP contribution in [0.2, 0.25) is 5.02 Å². The van der Waals surface area contributed by atoms with E-state index in [0.29, 0.717) is 5.02 Å². The summed E-state index contributed by atoms with van der Waals surface area (Å²) in [5.41, 5.74) is -1.35. The minimum atomic E-state index is -4.74. The molecular formula is C22H29ClF3NOS. The molecule has 0 aliphatic carbocycles. The van der Waals surface area contributed by atoms with Crippen molar-refractivity contribution in [2.75, 3.05) is 10.8 Å². The minimum absolute atomic E-state index is 0.187. The third-order valence-electron chi connectivity index (χ3n) is 4.35. The molecule has 0 heterocycles. The van der Waals surface area contributed by atoms with Gasteiger partial charge in [-0.25, -0.2) is 0 Å². The standard InChI is InChI=1S/C20H23ClF3NOS.C2H6/c1-4-5-13-25(27-17-8-6-7-14(2)18(17)21)16-11-9-15(10-12-16)19(3,26)20(22,23)24;1-2/h6-12,26H,4-5,13H2,1-3H3;1-2H3. The number of rotatable bonds is 7. The molecule has 162 valence electrons. The first-order valence-electron chi connectivity index (χ1n) is 9.68. The van der Waals surface area contributed by atoms with Crippen molar-refractivity contribution < 1.29 is 18.3 Å². The zero-order valence-electron chi connectivity index (χ0n) is 17.5. The smallest absolute Gasteiger partial charge is 0.376 e. The first-order chi connectivity index (χ1) is 13.6. The average molecular weight is 448 g/mol. The second-order valence-corrected chi connectivity index (χ2v) is 7.99. The molecule has 0 bridgehead atoms. The topological polar surface area (TPSA) is 23.5 Å². The summed E-state index contributed by atoms with van der Waals surface area (Å²) < 4.78 is 41.1. The van der Waals surface area contributed by atoms with Crippen molar-refractivity contribution in [3.63, 3.8) is 0 Å². The Kier molecular flexibility index (Phi) is 9.86. The van der Waals surface area contributed by atoms with E-state index in [1.54, 1.807) is 12.1 Å². The number of hydrogen-bond acceptors (Lipinski definition) is 3. The van der Waals surface area contributed by atoms with Crippen LogP contribution in [0.5, 0.6) is 0 Å². The van der Waals surface area contributed by atoms with Gasteiger partial charge in [-0.05, 0) is 61.5 Å². The molecule has 2 nitrogen and oxygen atoms in total. The number of aryl methyl sites for hydroxylation is 1. The average Bonchev–Trinajstić information content (AvgIpc) is 2.69. The Morgan fingerprint density at radius 2 is 1.66 bits per heavy atom. The molecule has 2 rings (SSSR count). The van der Waals surface area contributed by atoms with Crippen LogP contribution in [0.15, 0.2) is 47.4 Å². The second kappa shape index (κ2) is 11.1. The van der Waals surface area contributed by atoms with Crippen LogP contribution < -0.4 is 4.31 Å². The molecular weight excluding hydrogens is 419 g/mol.